The highest BCUT2D eigenvalue weighted by atomic mass is 16.6. The van der Waals surface area contributed by atoms with Crippen LogP contribution in [0.3, 0.4) is 0 Å². The van der Waals surface area contributed by atoms with E-state index in [2.05, 4.69) is 27.5 Å². The predicted octanol–water partition coefficient (Wildman–Crippen LogP) is 4.63. The van der Waals surface area contributed by atoms with E-state index in [-0.39, 0.29) is 5.95 Å². The fourth-order valence-corrected chi connectivity index (χ4v) is 2.42. The van der Waals surface area contributed by atoms with E-state index in [0.717, 1.165) is 24.9 Å². The van der Waals surface area contributed by atoms with Gasteiger partial charge < -0.3 is 19.5 Å². The van der Waals surface area contributed by atoms with Gasteiger partial charge >= 0.3 is 6.09 Å². The molecule has 0 fully saturated rings. The zero-order valence-electron chi connectivity index (χ0n) is 18.2. The minimum absolute atomic E-state index is 0.149. The number of hydrogen-bond donors (Lipinski definition) is 2. The maximum absolute atomic E-state index is 12.0. The summed E-state index contributed by atoms with van der Waals surface area (Å²) < 4.78 is 16.7. The Morgan fingerprint density at radius 2 is 1.90 bits per heavy atom. The summed E-state index contributed by atoms with van der Waals surface area (Å²) in [6.45, 7) is 9.55. The number of nitrogens with one attached hydrogen (secondary N) is 2. The van der Waals surface area contributed by atoms with E-state index in [9.17, 15) is 4.79 Å². The average molecular weight is 417 g/mol. The van der Waals surface area contributed by atoms with E-state index in [1.54, 1.807) is 20.8 Å². The van der Waals surface area contributed by atoms with Crippen molar-refractivity contribution >= 4 is 17.9 Å². The van der Waals surface area contributed by atoms with Gasteiger partial charge in [0.25, 0.3) is 0 Å². The van der Waals surface area contributed by atoms with Crippen LogP contribution in [0.2, 0.25) is 0 Å². The largest absolute Gasteiger partial charge is 0.486 e. The van der Waals surface area contributed by atoms with Crippen molar-refractivity contribution in [2.75, 3.05) is 30.4 Å². The number of unbranched alkanes of at least 4 members (excludes halogenated alkanes) is 1. The maximum atomic E-state index is 12.0. The summed E-state index contributed by atoms with van der Waals surface area (Å²) in [6.07, 6.45) is 2.96. The van der Waals surface area contributed by atoms with Crippen LogP contribution in [0.5, 0.6) is 5.75 Å². The lowest BCUT2D eigenvalue weighted by Crippen LogP contribution is -2.28. The number of hydrogen-bond acceptors (Lipinski definition) is 7. The van der Waals surface area contributed by atoms with E-state index >= 15 is 0 Å². The normalized spacial score (nSPS) is 11.1. The zero-order valence-corrected chi connectivity index (χ0v) is 18.2. The first-order valence-corrected chi connectivity index (χ1v) is 10.2. The lowest BCUT2D eigenvalue weighted by molar-refractivity contribution is 0.0634. The second-order valence-corrected chi connectivity index (χ2v) is 7.70. The van der Waals surface area contributed by atoms with Gasteiger partial charge in [0.1, 0.15) is 12.2 Å². The molecule has 0 bridgehead atoms. The van der Waals surface area contributed by atoms with Crippen LogP contribution in [-0.2, 0) is 16.1 Å². The van der Waals surface area contributed by atoms with Crippen LogP contribution in [0.25, 0.3) is 0 Å². The topological polar surface area (TPSA) is 94.6 Å². The summed E-state index contributed by atoms with van der Waals surface area (Å²) in [4.78, 5) is 20.5. The number of nitrogens with zero attached hydrogens (tertiary/aromatic N) is 2. The molecule has 1 aromatic carbocycles. The van der Waals surface area contributed by atoms with Gasteiger partial charge in [-0.2, -0.15) is 4.98 Å². The second-order valence-electron chi connectivity index (χ2n) is 7.70. The summed E-state index contributed by atoms with van der Waals surface area (Å²) in [5.74, 6) is 1.17. The van der Waals surface area contributed by atoms with Gasteiger partial charge in [0.05, 0.1) is 19.4 Å². The molecule has 0 saturated carbocycles. The number of benzene rings is 1. The Balaban J connectivity index is 1.91. The van der Waals surface area contributed by atoms with Gasteiger partial charge in [-0.05, 0) is 32.8 Å². The van der Waals surface area contributed by atoms with E-state index < -0.39 is 11.7 Å². The van der Waals surface area contributed by atoms with Crippen LogP contribution in [0.1, 0.15) is 46.1 Å². The van der Waals surface area contributed by atoms with E-state index in [1.807, 2.05) is 30.3 Å². The molecule has 2 rings (SSSR count). The Bertz CT molecular complexity index is 778. The van der Waals surface area contributed by atoms with Crippen molar-refractivity contribution < 1.29 is 19.0 Å². The van der Waals surface area contributed by atoms with Gasteiger partial charge in [0, 0.05) is 6.54 Å². The highest BCUT2D eigenvalue weighted by molar-refractivity contribution is 5.82. The van der Waals surface area contributed by atoms with Gasteiger partial charge in [-0.3, -0.25) is 5.32 Å². The van der Waals surface area contributed by atoms with Gasteiger partial charge in [0.15, 0.2) is 11.6 Å². The van der Waals surface area contributed by atoms with Crippen LogP contribution in [0.4, 0.5) is 16.6 Å². The molecule has 0 aliphatic carbocycles. The minimum atomic E-state index is -0.606. The molecular weight excluding hydrogens is 384 g/mol. The second kappa shape index (κ2) is 12.0. The van der Waals surface area contributed by atoms with Crippen LogP contribution < -0.4 is 15.4 Å². The standard InChI is InChI=1S/C22H32N4O4/c1-5-6-12-23-19-18(29-14-13-28-16-17-10-8-7-9-11-17)15-24-20(25-19)26-21(27)30-22(2,3)4/h7-11,15H,5-6,12-14,16H2,1-4H3,(H2,23,24,25,26,27). The molecule has 0 unspecified atom stereocenters. The number of amides is 1. The third kappa shape index (κ3) is 9.09. The molecule has 1 aromatic heterocycles. The smallest absolute Gasteiger partial charge is 0.414 e. The molecular formula is C22H32N4O4. The van der Waals surface area contributed by atoms with Crippen LogP contribution >= 0.6 is 0 Å². The SMILES string of the molecule is CCCCNc1nc(NC(=O)OC(C)(C)C)ncc1OCCOCc1ccccc1. The molecule has 0 saturated heterocycles. The molecule has 30 heavy (non-hydrogen) atoms. The Morgan fingerprint density at radius 3 is 2.60 bits per heavy atom. The number of ether oxygens (including phenoxy) is 3. The van der Waals surface area contributed by atoms with Crippen molar-refractivity contribution in [3.63, 3.8) is 0 Å². The molecule has 8 nitrogen and oxygen atoms in total. The van der Waals surface area contributed by atoms with Gasteiger partial charge in [-0.1, -0.05) is 43.7 Å². The molecule has 1 amide bonds. The highest BCUT2D eigenvalue weighted by Gasteiger charge is 2.18. The Morgan fingerprint density at radius 1 is 1.13 bits per heavy atom. The Kier molecular flexibility index (Phi) is 9.34. The number of carbonyl (C=O) groups is 1. The zero-order chi connectivity index (χ0) is 21.8. The third-order valence-electron chi connectivity index (χ3n) is 3.79. The maximum Gasteiger partial charge on any atom is 0.414 e. The van der Waals surface area contributed by atoms with Crippen molar-refractivity contribution in [3.8, 4) is 5.75 Å². The predicted molar refractivity (Wildman–Crippen MR) is 117 cm³/mol. The van der Waals surface area contributed by atoms with Gasteiger partial charge in [-0.25, -0.2) is 9.78 Å². The molecule has 0 aliphatic rings. The molecule has 2 N–H and O–H groups in total. The lowest BCUT2D eigenvalue weighted by Gasteiger charge is -2.19. The van der Waals surface area contributed by atoms with Crippen LogP contribution in [0, 0.1) is 0 Å². The summed E-state index contributed by atoms with van der Waals surface area (Å²) >= 11 is 0. The van der Waals surface area contributed by atoms with Crippen LogP contribution in [0.15, 0.2) is 36.5 Å². The molecule has 0 aliphatic heterocycles. The Labute approximate surface area is 178 Å². The molecule has 0 radical (unpaired) electrons. The third-order valence-corrected chi connectivity index (χ3v) is 3.79. The van der Waals surface area contributed by atoms with E-state index in [1.165, 1.54) is 6.20 Å². The highest BCUT2D eigenvalue weighted by Crippen LogP contribution is 2.23. The number of aromatic nitrogens is 2. The fraction of sp³-hybridized carbons (Fsp3) is 0.500. The minimum Gasteiger partial charge on any atom is -0.486 e. The number of anilines is 2. The van der Waals surface area contributed by atoms with Gasteiger partial charge in [0.2, 0.25) is 5.95 Å². The monoisotopic (exact) mass is 416 g/mol. The molecule has 8 heteroatoms. The molecule has 0 spiro atoms. The van der Waals surface area contributed by atoms with E-state index in [4.69, 9.17) is 14.2 Å². The number of rotatable bonds is 11. The van der Waals surface area contributed by atoms with Crippen molar-refractivity contribution in [1.29, 1.82) is 0 Å². The lowest BCUT2D eigenvalue weighted by atomic mass is 10.2. The van der Waals surface area contributed by atoms with E-state index in [0.29, 0.717) is 31.4 Å². The Hall–Kier alpha value is -2.87. The van der Waals surface area contributed by atoms with Crippen molar-refractivity contribution in [3.05, 3.63) is 42.1 Å². The van der Waals surface area contributed by atoms with Crippen molar-refractivity contribution in [2.45, 2.75) is 52.7 Å². The molecule has 2 aromatic rings. The molecule has 1 heterocycles. The van der Waals surface area contributed by atoms with Crippen LogP contribution in [-0.4, -0.2) is 41.4 Å². The first-order chi connectivity index (χ1) is 14.4. The summed E-state index contributed by atoms with van der Waals surface area (Å²) in [5.41, 5.74) is 0.509. The number of carbonyl (C=O) groups excluding carboxylic acids is 1. The van der Waals surface area contributed by atoms with Gasteiger partial charge in [-0.15, -0.1) is 0 Å². The molecule has 0 atom stereocenters. The summed E-state index contributed by atoms with van der Waals surface area (Å²) in [6, 6.07) is 9.96. The quantitative estimate of drug-likeness (QED) is 0.516. The average Bonchev–Trinajstić information content (AvgIpc) is 2.68. The first kappa shape index (κ1) is 23.4. The first-order valence-electron chi connectivity index (χ1n) is 10.2. The van der Waals surface area contributed by atoms with Crippen molar-refractivity contribution in [1.82, 2.24) is 9.97 Å². The van der Waals surface area contributed by atoms with Crippen molar-refractivity contribution in [2.24, 2.45) is 0 Å². The fourth-order valence-electron chi connectivity index (χ4n) is 2.42. The molecule has 164 valence electrons. The summed E-state index contributed by atoms with van der Waals surface area (Å²) in [7, 11) is 0. The summed E-state index contributed by atoms with van der Waals surface area (Å²) in [5, 5.41) is 5.78.